The smallest absolute Gasteiger partial charge is 0.135 e. The summed E-state index contributed by atoms with van der Waals surface area (Å²) in [6, 6.07) is 0. The third-order valence-electron chi connectivity index (χ3n) is 2.99. The Bertz CT molecular complexity index is 340. The lowest BCUT2D eigenvalue weighted by Gasteiger charge is -2.35. The van der Waals surface area contributed by atoms with Crippen molar-refractivity contribution in [3.05, 3.63) is 11.9 Å². The van der Waals surface area contributed by atoms with E-state index in [0.717, 1.165) is 12.5 Å². The summed E-state index contributed by atoms with van der Waals surface area (Å²) in [6.45, 7) is 2.14. The van der Waals surface area contributed by atoms with E-state index in [0.29, 0.717) is 18.8 Å². The first kappa shape index (κ1) is 8.38. The minimum Gasteiger partial charge on any atom is -0.381 e. The number of aliphatic hydroxyl groups is 1. The molecule has 1 aromatic rings. The molecular weight excluding hydrogens is 180 g/mol. The Morgan fingerprint density at radius 2 is 2.36 bits per heavy atom. The number of nitrogens with one attached hydrogen (secondary N) is 1. The summed E-state index contributed by atoms with van der Waals surface area (Å²) in [5, 5.41) is 21.0. The molecule has 0 spiro atoms. The van der Waals surface area contributed by atoms with Crippen molar-refractivity contribution in [2.45, 2.75) is 25.0 Å². The fourth-order valence-electron chi connectivity index (χ4n) is 1.71. The predicted octanol–water partition coefficient (Wildman–Crippen LogP) is -0.521. The van der Waals surface area contributed by atoms with Crippen LogP contribution in [0.4, 0.5) is 0 Å². The van der Waals surface area contributed by atoms with Gasteiger partial charge in [0, 0.05) is 19.6 Å². The molecule has 5 heteroatoms. The third kappa shape index (κ3) is 1.33. The molecule has 0 bridgehead atoms. The van der Waals surface area contributed by atoms with Crippen molar-refractivity contribution < 1.29 is 5.11 Å². The van der Waals surface area contributed by atoms with Crippen molar-refractivity contribution >= 4 is 0 Å². The molecule has 0 radical (unpaired) electrons. The van der Waals surface area contributed by atoms with Gasteiger partial charge in [-0.15, -0.1) is 5.10 Å². The first-order valence-electron chi connectivity index (χ1n) is 5.10. The van der Waals surface area contributed by atoms with Gasteiger partial charge in [0.1, 0.15) is 11.3 Å². The SMILES string of the molecule is OC1(c2cn(CC3CC3)nn2)CNC1. The second kappa shape index (κ2) is 2.77. The normalized spacial score (nSPS) is 24.6. The lowest BCUT2D eigenvalue weighted by atomic mass is 9.94. The zero-order valence-electron chi connectivity index (χ0n) is 7.98. The third-order valence-corrected chi connectivity index (χ3v) is 2.99. The van der Waals surface area contributed by atoms with Crippen LogP contribution in [0.25, 0.3) is 0 Å². The Labute approximate surface area is 82.1 Å². The second-order valence-electron chi connectivity index (χ2n) is 4.40. The molecule has 1 saturated carbocycles. The maximum atomic E-state index is 9.97. The van der Waals surface area contributed by atoms with Gasteiger partial charge in [-0.05, 0) is 18.8 Å². The monoisotopic (exact) mass is 194 g/mol. The summed E-state index contributed by atoms with van der Waals surface area (Å²) in [5.41, 5.74) is -0.0566. The van der Waals surface area contributed by atoms with Crippen molar-refractivity contribution in [3.63, 3.8) is 0 Å². The Kier molecular flexibility index (Phi) is 1.66. The van der Waals surface area contributed by atoms with Crippen molar-refractivity contribution in [1.82, 2.24) is 20.3 Å². The summed E-state index contributed by atoms with van der Waals surface area (Å²) in [5.74, 6) is 0.790. The highest BCUT2D eigenvalue weighted by Gasteiger charge is 2.39. The van der Waals surface area contributed by atoms with Gasteiger partial charge in [-0.2, -0.15) is 0 Å². The van der Waals surface area contributed by atoms with E-state index in [9.17, 15) is 5.11 Å². The van der Waals surface area contributed by atoms with Gasteiger partial charge in [0.2, 0.25) is 0 Å². The molecule has 3 rings (SSSR count). The molecule has 0 aromatic carbocycles. The fourth-order valence-corrected chi connectivity index (χ4v) is 1.71. The molecule has 2 heterocycles. The molecule has 2 aliphatic rings. The fraction of sp³-hybridized carbons (Fsp3) is 0.778. The minimum atomic E-state index is -0.762. The molecule has 2 fully saturated rings. The highest BCUT2D eigenvalue weighted by atomic mass is 16.3. The average Bonchev–Trinajstić information content (AvgIpc) is 2.78. The van der Waals surface area contributed by atoms with E-state index >= 15 is 0 Å². The van der Waals surface area contributed by atoms with E-state index in [1.54, 1.807) is 0 Å². The van der Waals surface area contributed by atoms with Crippen LogP contribution in [0.1, 0.15) is 18.5 Å². The molecule has 0 atom stereocenters. The van der Waals surface area contributed by atoms with E-state index in [4.69, 9.17) is 0 Å². The van der Waals surface area contributed by atoms with Crippen LogP contribution in [0, 0.1) is 5.92 Å². The molecular formula is C9H14N4O. The zero-order valence-corrected chi connectivity index (χ0v) is 7.98. The van der Waals surface area contributed by atoms with E-state index in [1.165, 1.54) is 12.8 Å². The van der Waals surface area contributed by atoms with E-state index in [-0.39, 0.29) is 0 Å². The highest BCUT2D eigenvalue weighted by molar-refractivity contribution is 5.13. The van der Waals surface area contributed by atoms with E-state index in [2.05, 4.69) is 15.6 Å². The average molecular weight is 194 g/mol. The molecule has 0 amide bonds. The molecule has 2 N–H and O–H groups in total. The highest BCUT2D eigenvalue weighted by Crippen LogP contribution is 2.30. The summed E-state index contributed by atoms with van der Waals surface area (Å²) < 4.78 is 1.85. The van der Waals surface area contributed by atoms with Crippen LogP contribution in [0.2, 0.25) is 0 Å². The summed E-state index contributed by atoms with van der Waals surface area (Å²) in [6.07, 6.45) is 4.49. The predicted molar refractivity (Wildman–Crippen MR) is 49.5 cm³/mol. The molecule has 1 aromatic heterocycles. The number of hydrogen-bond acceptors (Lipinski definition) is 4. The topological polar surface area (TPSA) is 63.0 Å². The lowest BCUT2D eigenvalue weighted by molar-refractivity contribution is -0.0186. The van der Waals surface area contributed by atoms with Gasteiger partial charge in [-0.3, -0.25) is 4.68 Å². The van der Waals surface area contributed by atoms with Crippen LogP contribution >= 0.6 is 0 Å². The summed E-state index contributed by atoms with van der Waals surface area (Å²) in [4.78, 5) is 0. The minimum absolute atomic E-state index is 0.592. The standard InChI is InChI=1S/C9H14N4O/c14-9(5-10-6-9)8-4-13(12-11-8)3-7-1-2-7/h4,7,10,14H,1-3,5-6H2. The van der Waals surface area contributed by atoms with Crippen molar-refractivity contribution in [3.8, 4) is 0 Å². The van der Waals surface area contributed by atoms with Crippen molar-refractivity contribution in [2.24, 2.45) is 5.92 Å². The second-order valence-corrected chi connectivity index (χ2v) is 4.40. The van der Waals surface area contributed by atoms with Gasteiger partial charge < -0.3 is 10.4 Å². The van der Waals surface area contributed by atoms with Gasteiger partial charge in [-0.25, -0.2) is 0 Å². The zero-order chi connectivity index (χ0) is 9.60. The molecule has 1 saturated heterocycles. The molecule has 14 heavy (non-hydrogen) atoms. The van der Waals surface area contributed by atoms with Gasteiger partial charge in [0.15, 0.2) is 0 Å². The number of rotatable bonds is 3. The van der Waals surface area contributed by atoms with Crippen molar-refractivity contribution in [1.29, 1.82) is 0 Å². The number of nitrogens with zero attached hydrogens (tertiary/aromatic N) is 3. The molecule has 5 nitrogen and oxygen atoms in total. The maximum absolute atomic E-state index is 9.97. The molecule has 76 valence electrons. The van der Waals surface area contributed by atoms with Crippen LogP contribution in [0.15, 0.2) is 6.20 Å². The Hall–Kier alpha value is -0.940. The lowest BCUT2D eigenvalue weighted by Crippen LogP contribution is -2.57. The molecule has 1 aliphatic carbocycles. The quantitative estimate of drug-likeness (QED) is 0.679. The van der Waals surface area contributed by atoms with Crippen LogP contribution in [-0.2, 0) is 12.1 Å². The van der Waals surface area contributed by atoms with Crippen LogP contribution < -0.4 is 5.32 Å². The van der Waals surface area contributed by atoms with Crippen LogP contribution in [0.3, 0.4) is 0 Å². The van der Waals surface area contributed by atoms with E-state index < -0.39 is 5.60 Å². The largest absolute Gasteiger partial charge is 0.381 e. The first-order valence-corrected chi connectivity index (χ1v) is 5.10. The van der Waals surface area contributed by atoms with Gasteiger partial charge in [0.25, 0.3) is 0 Å². The Balaban J connectivity index is 1.75. The van der Waals surface area contributed by atoms with Crippen LogP contribution in [-0.4, -0.2) is 33.2 Å². The van der Waals surface area contributed by atoms with Gasteiger partial charge in [-0.1, -0.05) is 5.21 Å². The van der Waals surface area contributed by atoms with Gasteiger partial charge >= 0.3 is 0 Å². The number of hydrogen-bond donors (Lipinski definition) is 2. The Morgan fingerprint density at radius 1 is 1.57 bits per heavy atom. The summed E-state index contributed by atoms with van der Waals surface area (Å²) >= 11 is 0. The summed E-state index contributed by atoms with van der Waals surface area (Å²) in [7, 11) is 0. The van der Waals surface area contributed by atoms with E-state index in [1.807, 2.05) is 10.9 Å². The van der Waals surface area contributed by atoms with Crippen molar-refractivity contribution in [2.75, 3.05) is 13.1 Å². The molecule has 1 aliphatic heterocycles. The maximum Gasteiger partial charge on any atom is 0.135 e. The number of β-amino-alcohol motifs (C(OH)–C–C–N with tert-alkyl or cyclic N) is 1. The number of aromatic nitrogens is 3. The first-order chi connectivity index (χ1) is 6.76. The van der Waals surface area contributed by atoms with Crippen LogP contribution in [0.5, 0.6) is 0 Å². The Morgan fingerprint density at radius 3 is 2.93 bits per heavy atom. The molecule has 0 unspecified atom stereocenters. The van der Waals surface area contributed by atoms with Gasteiger partial charge in [0.05, 0.1) is 6.20 Å².